The van der Waals surface area contributed by atoms with Gasteiger partial charge in [-0.05, 0) is 30.7 Å². The maximum absolute atomic E-state index is 11.1. The molecule has 0 amide bonds. The highest BCUT2D eigenvalue weighted by molar-refractivity contribution is 7.89. The van der Waals surface area contributed by atoms with Crippen molar-refractivity contribution in [1.82, 2.24) is 0 Å². The van der Waals surface area contributed by atoms with Gasteiger partial charge in [-0.3, -0.25) is 0 Å². The van der Waals surface area contributed by atoms with E-state index in [1.807, 2.05) is 0 Å². The number of anilines is 1. The lowest BCUT2D eigenvalue weighted by Gasteiger charge is -2.18. The smallest absolute Gasteiger partial charge is 0.238 e. The van der Waals surface area contributed by atoms with Gasteiger partial charge in [-0.1, -0.05) is 0 Å². The molecule has 1 heterocycles. The first kappa shape index (κ1) is 11.4. The third kappa shape index (κ3) is 2.34. The van der Waals surface area contributed by atoms with Crippen molar-refractivity contribution < 1.29 is 8.42 Å². The maximum Gasteiger partial charge on any atom is 0.238 e. The van der Waals surface area contributed by atoms with E-state index in [1.165, 1.54) is 12.1 Å². The second kappa shape index (κ2) is 4.04. The summed E-state index contributed by atoms with van der Waals surface area (Å²) in [4.78, 5) is 2.28. The van der Waals surface area contributed by atoms with Crippen molar-refractivity contribution in [3.63, 3.8) is 0 Å². The fraction of sp³-hybridized carbons (Fsp3) is 0.400. The number of primary sulfonamides is 1. The molecule has 5 nitrogen and oxygen atoms in total. The number of nitrogens with two attached hydrogens (primary N) is 2. The van der Waals surface area contributed by atoms with Crippen molar-refractivity contribution >= 4 is 15.7 Å². The van der Waals surface area contributed by atoms with E-state index in [2.05, 4.69) is 4.90 Å². The molecule has 0 aliphatic carbocycles. The largest absolute Gasteiger partial charge is 0.370 e. The Morgan fingerprint density at radius 1 is 1.25 bits per heavy atom. The number of nitrogens with zero attached hydrogens (tertiary/aromatic N) is 1. The van der Waals surface area contributed by atoms with Gasteiger partial charge in [0.25, 0.3) is 0 Å². The topological polar surface area (TPSA) is 89.4 Å². The van der Waals surface area contributed by atoms with Gasteiger partial charge in [0.15, 0.2) is 0 Å². The molecule has 16 heavy (non-hydrogen) atoms. The minimum absolute atomic E-state index is 0.139. The highest BCUT2D eigenvalue weighted by Crippen LogP contribution is 2.21. The first-order valence-corrected chi connectivity index (χ1v) is 6.65. The van der Waals surface area contributed by atoms with Crippen molar-refractivity contribution in [3.05, 3.63) is 24.3 Å². The van der Waals surface area contributed by atoms with Crippen LogP contribution in [-0.2, 0) is 10.0 Å². The quantitative estimate of drug-likeness (QED) is 0.755. The number of sulfonamides is 1. The molecule has 1 aromatic carbocycles. The standard InChI is InChI=1S/C10H15N3O2S/c11-8-5-6-13(7-8)9-1-3-10(4-2-9)16(12,14)15/h1-4,8H,5-7,11H2,(H2,12,14,15). The summed E-state index contributed by atoms with van der Waals surface area (Å²) < 4.78 is 22.1. The molecule has 88 valence electrons. The Hall–Kier alpha value is -1.11. The monoisotopic (exact) mass is 241 g/mol. The van der Waals surface area contributed by atoms with Crippen molar-refractivity contribution in [3.8, 4) is 0 Å². The second-order valence-corrected chi connectivity index (χ2v) is 5.60. The number of benzene rings is 1. The summed E-state index contributed by atoms with van der Waals surface area (Å²) in [6, 6.07) is 6.77. The van der Waals surface area contributed by atoms with E-state index in [9.17, 15) is 8.42 Å². The van der Waals surface area contributed by atoms with Gasteiger partial charge in [-0.2, -0.15) is 0 Å². The van der Waals surface area contributed by atoms with E-state index in [1.54, 1.807) is 12.1 Å². The summed E-state index contributed by atoms with van der Waals surface area (Å²) in [6.07, 6.45) is 0.969. The lowest BCUT2D eigenvalue weighted by molar-refractivity contribution is 0.598. The Morgan fingerprint density at radius 2 is 1.88 bits per heavy atom. The third-order valence-corrected chi connectivity index (χ3v) is 3.68. The van der Waals surface area contributed by atoms with Crippen LogP contribution in [0.3, 0.4) is 0 Å². The van der Waals surface area contributed by atoms with Gasteiger partial charge in [0.05, 0.1) is 4.90 Å². The molecule has 1 fully saturated rings. The molecule has 2 rings (SSSR count). The summed E-state index contributed by atoms with van der Waals surface area (Å²) in [6.45, 7) is 1.73. The van der Waals surface area contributed by atoms with Gasteiger partial charge in [0, 0.05) is 24.8 Å². The molecule has 6 heteroatoms. The van der Waals surface area contributed by atoms with Crippen LogP contribution in [0.4, 0.5) is 5.69 Å². The third-order valence-electron chi connectivity index (χ3n) is 2.76. The van der Waals surface area contributed by atoms with Crippen LogP contribution in [0.5, 0.6) is 0 Å². The Morgan fingerprint density at radius 3 is 2.31 bits per heavy atom. The Bertz CT molecular complexity index is 469. The van der Waals surface area contributed by atoms with E-state index in [0.29, 0.717) is 0 Å². The summed E-state index contributed by atoms with van der Waals surface area (Å²) >= 11 is 0. The highest BCUT2D eigenvalue weighted by Gasteiger charge is 2.19. The molecule has 1 saturated heterocycles. The number of hydrogen-bond acceptors (Lipinski definition) is 4. The molecule has 1 aliphatic heterocycles. The van der Waals surface area contributed by atoms with Crippen LogP contribution in [0.2, 0.25) is 0 Å². The molecule has 1 unspecified atom stereocenters. The SMILES string of the molecule is NC1CCN(c2ccc(S(N)(=O)=O)cc2)C1. The lowest BCUT2D eigenvalue weighted by atomic mass is 10.3. The summed E-state index contributed by atoms with van der Waals surface area (Å²) in [5, 5.41) is 5.02. The lowest BCUT2D eigenvalue weighted by Crippen LogP contribution is -2.26. The van der Waals surface area contributed by atoms with Gasteiger partial charge in [0.1, 0.15) is 0 Å². The molecule has 0 bridgehead atoms. The number of hydrogen-bond donors (Lipinski definition) is 2. The zero-order valence-electron chi connectivity index (χ0n) is 8.83. The van der Waals surface area contributed by atoms with E-state index in [4.69, 9.17) is 10.9 Å². The van der Waals surface area contributed by atoms with Crippen LogP contribution in [0.15, 0.2) is 29.2 Å². The molecule has 0 radical (unpaired) electrons. The maximum atomic E-state index is 11.1. The van der Waals surface area contributed by atoms with Gasteiger partial charge >= 0.3 is 0 Å². The summed E-state index contributed by atoms with van der Waals surface area (Å²) in [7, 11) is -3.60. The molecule has 1 aromatic rings. The van der Waals surface area contributed by atoms with Crippen molar-refractivity contribution in [2.24, 2.45) is 10.9 Å². The van der Waals surface area contributed by atoms with Gasteiger partial charge in [0.2, 0.25) is 10.0 Å². The van der Waals surface area contributed by atoms with Crippen LogP contribution >= 0.6 is 0 Å². The van der Waals surface area contributed by atoms with E-state index in [0.717, 1.165) is 25.2 Å². The Balaban J connectivity index is 2.20. The zero-order valence-corrected chi connectivity index (χ0v) is 9.65. The molecule has 1 aliphatic rings. The van der Waals surface area contributed by atoms with Crippen LogP contribution in [0.1, 0.15) is 6.42 Å². The molecular formula is C10H15N3O2S. The Kier molecular flexibility index (Phi) is 2.88. The molecule has 1 atom stereocenters. The van der Waals surface area contributed by atoms with Gasteiger partial charge in [-0.25, -0.2) is 13.6 Å². The predicted octanol–water partition coefficient (Wildman–Crippen LogP) is -0.129. The fourth-order valence-electron chi connectivity index (χ4n) is 1.87. The van der Waals surface area contributed by atoms with E-state index in [-0.39, 0.29) is 10.9 Å². The van der Waals surface area contributed by atoms with Gasteiger partial charge in [-0.15, -0.1) is 0 Å². The van der Waals surface area contributed by atoms with Crippen LogP contribution in [0, 0.1) is 0 Å². The normalized spacial score (nSPS) is 21.4. The Labute approximate surface area is 95.1 Å². The minimum Gasteiger partial charge on any atom is -0.370 e. The molecule has 0 spiro atoms. The van der Waals surface area contributed by atoms with Gasteiger partial charge < -0.3 is 10.6 Å². The minimum atomic E-state index is -3.60. The van der Waals surface area contributed by atoms with Crippen molar-refractivity contribution in [1.29, 1.82) is 0 Å². The number of rotatable bonds is 2. The van der Waals surface area contributed by atoms with E-state index >= 15 is 0 Å². The summed E-state index contributed by atoms with van der Waals surface area (Å²) in [5.41, 5.74) is 6.79. The second-order valence-electron chi connectivity index (χ2n) is 4.03. The zero-order chi connectivity index (χ0) is 11.8. The highest BCUT2D eigenvalue weighted by atomic mass is 32.2. The molecule has 0 aromatic heterocycles. The molecule has 4 N–H and O–H groups in total. The van der Waals surface area contributed by atoms with Crippen molar-refractivity contribution in [2.45, 2.75) is 17.4 Å². The van der Waals surface area contributed by atoms with Crippen LogP contribution in [-0.4, -0.2) is 27.5 Å². The molecular weight excluding hydrogens is 226 g/mol. The fourth-order valence-corrected chi connectivity index (χ4v) is 2.38. The average molecular weight is 241 g/mol. The predicted molar refractivity (Wildman–Crippen MR) is 62.6 cm³/mol. The molecule has 0 saturated carbocycles. The van der Waals surface area contributed by atoms with Crippen LogP contribution < -0.4 is 15.8 Å². The summed E-state index contributed by atoms with van der Waals surface area (Å²) in [5.74, 6) is 0. The average Bonchev–Trinajstić information content (AvgIpc) is 2.64. The van der Waals surface area contributed by atoms with Crippen molar-refractivity contribution in [2.75, 3.05) is 18.0 Å². The first-order chi connectivity index (χ1) is 7.47. The van der Waals surface area contributed by atoms with E-state index < -0.39 is 10.0 Å². The first-order valence-electron chi connectivity index (χ1n) is 5.10. The van der Waals surface area contributed by atoms with Crippen LogP contribution in [0.25, 0.3) is 0 Å².